The maximum Gasteiger partial charge on any atom is 0.280 e. The Kier molecular flexibility index (Phi) is 4.24. The molecule has 0 aromatic heterocycles. The first-order chi connectivity index (χ1) is 11.6. The molecule has 1 atom stereocenters. The Morgan fingerprint density at radius 1 is 1.21 bits per heavy atom. The minimum atomic E-state index is -0.744. The fraction of sp³-hybridized carbons (Fsp3) is 0.176. The molecule has 0 aliphatic carbocycles. The Morgan fingerprint density at radius 2 is 1.96 bits per heavy atom. The molecule has 7 heteroatoms. The summed E-state index contributed by atoms with van der Waals surface area (Å²) in [6.45, 7) is 1.75. The molecule has 0 saturated heterocycles. The average Bonchev–Trinajstić information content (AvgIpc) is 2.89. The summed E-state index contributed by atoms with van der Waals surface area (Å²) in [5.74, 6) is 0.394. The number of nitrogen functional groups attached to an aromatic ring is 1. The highest BCUT2D eigenvalue weighted by Gasteiger charge is 2.34. The Hall–Kier alpha value is -3.22. The Labute approximate surface area is 139 Å². The summed E-state index contributed by atoms with van der Waals surface area (Å²) in [6.07, 6.45) is 0. The van der Waals surface area contributed by atoms with E-state index in [1.807, 2.05) is 30.3 Å². The first kappa shape index (κ1) is 15.7. The number of nitrogens with zero attached hydrogens (tertiary/aromatic N) is 4. The van der Waals surface area contributed by atoms with E-state index in [0.29, 0.717) is 28.5 Å². The minimum Gasteiger partial charge on any atom is -0.497 e. The Bertz CT molecular complexity index is 817. The maximum absolute atomic E-state index is 12.5. The molecule has 0 saturated carbocycles. The molecule has 2 aromatic rings. The second-order valence-corrected chi connectivity index (χ2v) is 5.27. The number of nitrogens with two attached hydrogens (primary N) is 1. The third-order valence-corrected chi connectivity index (χ3v) is 3.61. The number of azo groups is 1. The quantitative estimate of drug-likeness (QED) is 0.692. The van der Waals surface area contributed by atoms with Gasteiger partial charge in [0.1, 0.15) is 11.4 Å². The highest BCUT2D eigenvalue weighted by atomic mass is 16.5. The van der Waals surface area contributed by atoms with Crippen LogP contribution in [-0.4, -0.2) is 24.8 Å². The number of para-hydroxylation sites is 1. The van der Waals surface area contributed by atoms with Crippen LogP contribution in [0, 0.1) is 0 Å². The van der Waals surface area contributed by atoms with Gasteiger partial charge in [-0.3, -0.25) is 4.79 Å². The summed E-state index contributed by atoms with van der Waals surface area (Å²) in [5, 5.41) is 13.9. The molecule has 7 nitrogen and oxygen atoms in total. The van der Waals surface area contributed by atoms with Crippen LogP contribution in [0.4, 0.5) is 17.1 Å². The zero-order valence-electron chi connectivity index (χ0n) is 13.4. The maximum atomic E-state index is 12.5. The number of hydrazone groups is 1. The molecule has 0 spiro atoms. The summed E-state index contributed by atoms with van der Waals surface area (Å²) in [6, 6.07) is 13.5. The largest absolute Gasteiger partial charge is 0.497 e. The standard InChI is InChI=1S/C17H17N5O2/c1-11-16(17(23)22(21-11)12-6-4-3-5-7-12)20-19-15-9-8-13(24-2)10-14(15)18/h3-10,16H,18H2,1-2H3. The van der Waals surface area contributed by atoms with Crippen LogP contribution in [0.5, 0.6) is 5.75 Å². The molecule has 0 bridgehead atoms. The fourth-order valence-corrected chi connectivity index (χ4v) is 2.31. The van der Waals surface area contributed by atoms with Crippen molar-refractivity contribution >= 4 is 28.7 Å². The predicted molar refractivity (Wildman–Crippen MR) is 92.7 cm³/mol. The zero-order valence-corrected chi connectivity index (χ0v) is 13.4. The van der Waals surface area contributed by atoms with Crippen molar-refractivity contribution in [3.63, 3.8) is 0 Å². The van der Waals surface area contributed by atoms with Crippen molar-refractivity contribution in [2.24, 2.45) is 15.3 Å². The number of hydrogen-bond donors (Lipinski definition) is 1. The third-order valence-electron chi connectivity index (χ3n) is 3.61. The molecule has 1 heterocycles. The summed E-state index contributed by atoms with van der Waals surface area (Å²) in [7, 11) is 1.56. The van der Waals surface area contributed by atoms with Crippen molar-refractivity contribution < 1.29 is 9.53 Å². The van der Waals surface area contributed by atoms with Gasteiger partial charge in [0.05, 0.1) is 24.2 Å². The van der Waals surface area contributed by atoms with E-state index in [-0.39, 0.29) is 5.91 Å². The normalized spacial score (nSPS) is 17.4. The smallest absolute Gasteiger partial charge is 0.280 e. The van der Waals surface area contributed by atoms with Gasteiger partial charge in [0, 0.05) is 6.07 Å². The number of anilines is 2. The number of methoxy groups -OCH3 is 1. The lowest BCUT2D eigenvalue weighted by Crippen LogP contribution is -2.29. The molecule has 2 aromatic carbocycles. The number of amides is 1. The second kappa shape index (κ2) is 6.49. The minimum absolute atomic E-state index is 0.241. The van der Waals surface area contributed by atoms with E-state index in [9.17, 15) is 4.79 Å². The predicted octanol–water partition coefficient (Wildman–Crippen LogP) is 3.15. The molecule has 1 aliphatic heterocycles. The van der Waals surface area contributed by atoms with Gasteiger partial charge in [-0.15, -0.1) is 0 Å². The first-order valence-corrected chi connectivity index (χ1v) is 7.38. The molecule has 3 rings (SSSR count). The molecule has 0 fully saturated rings. The topological polar surface area (TPSA) is 92.6 Å². The van der Waals surface area contributed by atoms with Gasteiger partial charge in [0.15, 0.2) is 6.04 Å². The molecule has 1 aliphatic rings. The molecule has 1 unspecified atom stereocenters. The monoisotopic (exact) mass is 323 g/mol. The van der Waals surface area contributed by atoms with Crippen LogP contribution in [0.1, 0.15) is 6.92 Å². The van der Waals surface area contributed by atoms with E-state index in [4.69, 9.17) is 10.5 Å². The Morgan fingerprint density at radius 3 is 2.62 bits per heavy atom. The van der Waals surface area contributed by atoms with Gasteiger partial charge >= 0.3 is 0 Å². The molecule has 1 amide bonds. The van der Waals surface area contributed by atoms with Crippen LogP contribution in [0.15, 0.2) is 63.9 Å². The van der Waals surface area contributed by atoms with Crippen molar-refractivity contribution in [2.75, 3.05) is 17.9 Å². The number of rotatable bonds is 4. The fourth-order valence-electron chi connectivity index (χ4n) is 2.31. The van der Waals surface area contributed by atoms with Gasteiger partial charge in [0.25, 0.3) is 5.91 Å². The number of hydrogen-bond acceptors (Lipinski definition) is 6. The molecular formula is C17H17N5O2. The van der Waals surface area contributed by atoms with E-state index < -0.39 is 6.04 Å². The molecule has 122 valence electrons. The van der Waals surface area contributed by atoms with Crippen LogP contribution in [0.25, 0.3) is 0 Å². The summed E-state index contributed by atoms with van der Waals surface area (Å²) in [4.78, 5) is 12.5. The van der Waals surface area contributed by atoms with Gasteiger partial charge in [-0.25, -0.2) is 0 Å². The number of benzene rings is 2. The van der Waals surface area contributed by atoms with Crippen molar-refractivity contribution in [3.8, 4) is 5.75 Å². The Balaban J connectivity index is 1.81. The number of ether oxygens (including phenoxy) is 1. The van der Waals surface area contributed by atoms with Crippen molar-refractivity contribution in [3.05, 3.63) is 48.5 Å². The molecule has 2 N–H and O–H groups in total. The van der Waals surface area contributed by atoms with Gasteiger partial charge in [0.2, 0.25) is 0 Å². The second-order valence-electron chi connectivity index (χ2n) is 5.27. The lowest BCUT2D eigenvalue weighted by atomic mass is 10.2. The van der Waals surface area contributed by atoms with Gasteiger partial charge < -0.3 is 10.5 Å². The van der Waals surface area contributed by atoms with E-state index in [1.54, 1.807) is 32.2 Å². The highest BCUT2D eigenvalue weighted by molar-refractivity contribution is 6.18. The van der Waals surface area contributed by atoms with Gasteiger partial charge in [-0.2, -0.15) is 20.3 Å². The van der Waals surface area contributed by atoms with E-state index in [2.05, 4.69) is 15.3 Å². The SMILES string of the molecule is COc1ccc(N=NC2C(=O)N(c3ccccc3)N=C2C)c(N)c1. The lowest BCUT2D eigenvalue weighted by molar-refractivity contribution is -0.117. The van der Waals surface area contributed by atoms with Crippen molar-refractivity contribution in [1.29, 1.82) is 0 Å². The van der Waals surface area contributed by atoms with E-state index in [1.165, 1.54) is 5.01 Å². The van der Waals surface area contributed by atoms with E-state index in [0.717, 1.165) is 0 Å². The summed E-state index contributed by atoms with van der Waals surface area (Å²) in [5.41, 5.74) is 8.10. The van der Waals surface area contributed by atoms with Crippen LogP contribution in [-0.2, 0) is 4.79 Å². The number of carbonyl (C=O) groups is 1. The highest BCUT2D eigenvalue weighted by Crippen LogP contribution is 2.28. The van der Waals surface area contributed by atoms with Crippen LogP contribution in [0.2, 0.25) is 0 Å². The van der Waals surface area contributed by atoms with Crippen LogP contribution in [0.3, 0.4) is 0 Å². The van der Waals surface area contributed by atoms with Crippen molar-refractivity contribution in [2.45, 2.75) is 13.0 Å². The van der Waals surface area contributed by atoms with E-state index >= 15 is 0 Å². The summed E-state index contributed by atoms with van der Waals surface area (Å²) >= 11 is 0. The summed E-state index contributed by atoms with van der Waals surface area (Å²) < 4.78 is 5.09. The zero-order chi connectivity index (χ0) is 17.1. The van der Waals surface area contributed by atoms with Gasteiger partial charge in [-0.1, -0.05) is 18.2 Å². The first-order valence-electron chi connectivity index (χ1n) is 7.38. The van der Waals surface area contributed by atoms with Gasteiger partial charge in [-0.05, 0) is 31.2 Å². The van der Waals surface area contributed by atoms with Crippen LogP contribution < -0.4 is 15.5 Å². The number of carbonyl (C=O) groups excluding carboxylic acids is 1. The average molecular weight is 323 g/mol. The lowest BCUT2D eigenvalue weighted by Gasteiger charge is -2.11. The third kappa shape index (κ3) is 2.96. The molecular weight excluding hydrogens is 306 g/mol. The molecule has 0 radical (unpaired) electrons. The van der Waals surface area contributed by atoms with Crippen LogP contribution >= 0.6 is 0 Å². The molecule has 24 heavy (non-hydrogen) atoms. The van der Waals surface area contributed by atoms with Crippen molar-refractivity contribution in [1.82, 2.24) is 0 Å².